The molecule has 0 aliphatic heterocycles. The molecular formula is C45H46IrN2SSi-2. The molecular weight excluding hydrogens is 821 g/mol. The first-order chi connectivity index (χ1) is 23.4. The normalized spacial score (nSPS) is 11.7. The van der Waals surface area contributed by atoms with Crippen molar-refractivity contribution in [3.8, 4) is 33.6 Å². The van der Waals surface area contributed by atoms with Crippen LogP contribution in [0.25, 0.3) is 53.8 Å². The van der Waals surface area contributed by atoms with Gasteiger partial charge in [-0.05, 0) is 61.6 Å². The molecule has 5 heteroatoms. The van der Waals surface area contributed by atoms with Gasteiger partial charge in [0.2, 0.25) is 0 Å². The molecule has 0 spiro atoms. The molecule has 4 aromatic carbocycles. The molecule has 0 unspecified atom stereocenters. The molecule has 7 rings (SSSR count). The van der Waals surface area contributed by atoms with Gasteiger partial charge in [-0.3, -0.25) is 0 Å². The third kappa shape index (κ3) is 8.58. The van der Waals surface area contributed by atoms with E-state index in [9.17, 15) is 0 Å². The van der Waals surface area contributed by atoms with Crippen LogP contribution in [0.3, 0.4) is 0 Å². The van der Waals surface area contributed by atoms with Crippen molar-refractivity contribution in [2.45, 2.75) is 66.6 Å². The average molecular weight is 867 g/mol. The van der Waals surface area contributed by atoms with E-state index in [0.717, 1.165) is 28.9 Å². The van der Waals surface area contributed by atoms with E-state index >= 15 is 0 Å². The van der Waals surface area contributed by atoms with E-state index in [4.69, 9.17) is 4.98 Å². The number of fused-ring (bicyclic) bond motifs is 3. The molecule has 0 saturated heterocycles. The summed E-state index contributed by atoms with van der Waals surface area (Å²) in [6, 6.07) is 42.8. The molecule has 257 valence electrons. The number of hydrogen-bond acceptors (Lipinski definition) is 3. The molecule has 0 aliphatic carbocycles. The largest absolute Gasteiger partial charge is 0.305 e. The number of pyridine rings is 2. The Morgan fingerprint density at radius 2 is 1.48 bits per heavy atom. The third-order valence-corrected chi connectivity index (χ3v) is 12.1. The van der Waals surface area contributed by atoms with Crippen molar-refractivity contribution in [1.82, 2.24) is 9.97 Å². The van der Waals surface area contributed by atoms with Crippen LogP contribution < -0.4 is 5.19 Å². The van der Waals surface area contributed by atoms with E-state index in [2.05, 4.69) is 156 Å². The third-order valence-electron chi connectivity index (χ3n) is 8.75. The van der Waals surface area contributed by atoms with E-state index in [1.165, 1.54) is 47.6 Å². The first-order valence-corrected chi connectivity index (χ1v) is 21.5. The van der Waals surface area contributed by atoms with Crippen LogP contribution in [-0.2, 0) is 26.5 Å². The van der Waals surface area contributed by atoms with E-state index < -0.39 is 8.07 Å². The van der Waals surface area contributed by atoms with Crippen LogP contribution in [0.5, 0.6) is 0 Å². The Kier molecular flexibility index (Phi) is 11.7. The zero-order chi connectivity index (χ0) is 34.8. The Balaban J connectivity index is 0.000000199. The zero-order valence-corrected chi connectivity index (χ0v) is 34.6. The van der Waals surface area contributed by atoms with E-state index in [1.807, 2.05) is 41.8 Å². The molecule has 0 aliphatic rings. The van der Waals surface area contributed by atoms with Gasteiger partial charge in [-0.15, -0.1) is 59.7 Å². The molecule has 0 saturated carbocycles. The van der Waals surface area contributed by atoms with Crippen molar-refractivity contribution in [3.63, 3.8) is 0 Å². The van der Waals surface area contributed by atoms with Gasteiger partial charge in [0.1, 0.15) is 0 Å². The number of aromatic nitrogens is 2. The summed E-state index contributed by atoms with van der Waals surface area (Å²) >= 11 is 1.85. The quantitative estimate of drug-likeness (QED) is 0.123. The second-order valence-electron chi connectivity index (χ2n) is 15.4. The Hall–Kier alpha value is -3.73. The van der Waals surface area contributed by atoms with Crippen LogP contribution in [0, 0.1) is 17.5 Å². The Labute approximate surface area is 317 Å². The number of thiophene rings is 1. The molecule has 0 bridgehead atoms. The fourth-order valence-electron chi connectivity index (χ4n) is 6.33. The summed E-state index contributed by atoms with van der Waals surface area (Å²) in [6.07, 6.45) is 5.12. The van der Waals surface area contributed by atoms with Gasteiger partial charge in [0, 0.05) is 37.2 Å². The number of rotatable bonds is 6. The molecule has 50 heavy (non-hydrogen) atoms. The van der Waals surface area contributed by atoms with Crippen molar-refractivity contribution in [3.05, 3.63) is 139 Å². The summed E-state index contributed by atoms with van der Waals surface area (Å²) < 4.78 is 2.58. The molecule has 0 fully saturated rings. The maximum Gasteiger partial charge on any atom is 0.0798 e. The average Bonchev–Trinajstić information content (AvgIpc) is 3.47. The molecule has 0 atom stereocenters. The molecule has 2 nitrogen and oxygen atoms in total. The monoisotopic (exact) mass is 867 g/mol. The number of nitrogens with zero attached hydrogens (tertiary/aromatic N) is 2. The molecule has 1 radical (unpaired) electrons. The summed E-state index contributed by atoms with van der Waals surface area (Å²) in [5.41, 5.74) is 9.81. The van der Waals surface area contributed by atoms with Gasteiger partial charge >= 0.3 is 0 Å². The second-order valence-corrected chi connectivity index (χ2v) is 21.4. The van der Waals surface area contributed by atoms with Crippen LogP contribution >= 0.6 is 11.3 Å². The standard InChI is InChI=1S/C26H20NS.C19H26NSi.Ir/c1-17(2)19-14-15-27-24(16-19)23-13-7-12-22-21-11-6-10-20(25(21)28-26(22)23)18-8-4-3-5-9-18;1-19(2,3)13-16-12-17(15-10-8-7-9-11-15)20-14-18(16)21(4,5)6;/h3-12,14-17H,1-2H3;7-10,12,14H,13H2,1-6H3;/q2*-1;. The molecule has 3 heterocycles. The summed E-state index contributed by atoms with van der Waals surface area (Å²) in [6.45, 7) is 18.5. The summed E-state index contributed by atoms with van der Waals surface area (Å²) in [5.74, 6) is 0.480. The van der Waals surface area contributed by atoms with Crippen molar-refractivity contribution in [1.29, 1.82) is 0 Å². The van der Waals surface area contributed by atoms with Crippen LogP contribution in [0.15, 0.2) is 116 Å². The fourth-order valence-corrected chi connectivity index (χ4v) is 9.25. The van der Waals surface area contributed by atoms with Gasteiger partial charge in [0.05, 0.1) is 8.07 Å². The van der Waals surface area contributed by atoms with E-state index in [1.54, 1.807) is 0 Å². The predicted octanol–water partition coefficient (Wildman–Crippen LogP) is 12.4. The first kappa shape index (κ1) is 37.5. The second kappa shape index (κ2) is 15.7. The van der Waals surface area contributed by atoms with Crippen LogP contribution in [0.1, 0.15) is 51.7 Å². The van der Waals surface area contributed by atoms with Gasteiger partial charge in [-0.25, -0.2) is 0 Å². The minimum atomic E-state index is -1.37. The molecule has 7 aromatic rings. The SMILES string of the molecule is CC(C)(C)Cc1cc(-c2[c-]cccc2)ncc1[Si](C)(C)C.CC(C)c1ccnc(-c2[c-]ccc3c2sc2c(-c4ccccc4)cccc23)c1.[Ir]. The fraction of sp³-hybridized carbons (Fsp3) is 0.244. The van der Waals surface area contributed by atoms with E-state index in [-0.39, 0.29) is 25.5 Å². The molecule has 0 N–H and O–H groups in total. The van der Waals surface area contributed by atoms with Crippen molar-refractivity contribution in [2.24, 2.45) is 5.41 Å². The Bertz CT molecular complexity index is 2190. The number of benzene rings is 4. The zero-order valence-electron chi connectivity index (χ0n) is 30.4. The summed E-state index contributed by atoms with van der Waals surface area (Å²) in [4.78, 5) is 9.38. The molecule has 3 aromatic heterocycles. The van der Waals surface area contributed by atoms with E-state index in [0.29, 0.717) is 5.92 Å². The van der Waals surface area contributed by atoms with Gasteiger partial charge in [0.15, 0.2) is 0 Å². The van der Waals surface area contributed by atoms with Gasteiger partial charge in [-0.2, -0.15) is 11.3 Å². The van der Waals surface area contributed by atoms with Gasteiger partial charge in [0.25, 0.3) is 0 Å². The Morgan fingerprint density at radius 1 is 0.740 bits per heavy atom. The van der Waals surface area contributed by atoms with Crippen molar-refractivity contribution >= 4 is 44.8 Å². The Morgan fingerprint density at radius 3 is 2.16 bits per heavy atom. The topological polar surface area (TPSA) is 25.8 Å². The smallest absolute Gasteiger partial charge is 0.0798 e. The van der Waals surface area contributed by atoms with Crippen molar-refractivity contribution < 1.29 is 20.1 Å². The summed E-state index contributed by atoms with van der Waals surface area (Å²) in [7, 11) is -1.37. The van der Waals surface area contributed by atoms with Crippen LogP contribution in [-0.4, -0.2) is 18.0 Å². The van der Waals surface area contributed by atoms with Crippen LogP contribution in [0.2, 0.25) is 19.6 Å². The maximum absolute atomic E-state index is 4.71. The van der Waals surface area contributed by atoms with Gasteiger partial charge < -0.3 is 9.97 Å². The predicted molar refractivity (Wildman–Crippen MR) is 216 cm³/mol. The first-order valence-electron chi connectivity index (χ1n) is 17.2. The van der Waals surface area contributed by atoms with Crippen LogP contribution in [0.4, 0.5) is 0 Å². The van der Waals surface area contributed by atoms with Crippen molar-refractivity contribution in [2.75, 3.05) is 0 Å². The summed E-state index contributed by atoms with van der Waals surface area (Å²) in [5, 5.41) is 4.07. The van der Waals surface area contributed by atoms with Gasteiger partial charge in [-0.1, -0.05) is 131 Å². The minimum Gasteiger partial charge on any atom is -0.305 e. The minimum absolute atomic E-state index is 0. The number of hydrogen-bond donors (Lipinski definition) is 0. The molecule has 0 amide bonds. The maximum atomic E-state index is 4.71.